The molecule has 10 heteroatoms. The number of alkyl halides is 2. The first-order chi connectivity index (χ1) is 11.1. The molecule has 0 saturated carbocycles. The molecular weight excluding hydrogens is 340 g/mol. The fourth-order valence-corrected chi connectivity index (χ4v) is 3.71. The summed E-state index contributed by atoms with van der Waals surface area (Å²) in [5.74, 6) is -0.0248. The predicted molar refractivity (Wildman–Crippen MR) is 84.3 cm³/mol. The Bertz CT molecular complexity index is 813. The summed E-state index contributed by atoms with van der Waals surface area (Å²) < 4.78 is 54.4. The number of halogens is 2. The molecule has 2 aromatic heterocycles. The Kier molecular flexibility index (Phi) is 5.38. The minimum absolute atomic E-state index is 0.0248. The van der Waals surface area contributed by atoms with Gasteiger partial charge in [-0.2, -0.15) is 19.0 Å². The molecule has 0 fully saturated rings. The molecule has 0 bridgehead atoms. The molecule has 134 valence electrons. The number of hydrogen-bond donors (Lipinski definition) is 1. The van der Waals surface area contributed by atoms with Crippen LogP contribution in [0.15, 0.2) is 17.2 Å². The maximum Gasteiger partial charge on any atom is 0.333 e. The topological polar surface area (TPSA) is 81.8 Å². The maximum atomic E-state index is 12.6. The molecule has 1 N–H and O–H groups in total. The zero-order valence-electron chi connectivity index (χ0n) is 14.0. The van der Waals surface area contributed by atoms with Crippen LogP contribution >= 0.6 is 0 Å². The third-order valence-electron chi connectivity index (χ3n) is 3.57. The van der Waals surface area contributed by atoms with Gasteiger partial charge in [-0.1, -0.05) is 6.92 Å². The molecule has 7 nitrogen and oxygen atoms in total. The van der Waals surface area contributed by atoms with E-state index in [0.717, 1.165) is 17.6 Å². The Hall–Kier alpha value is -1.81. The van der Waals surface area contributed by atoms with Crippen LogP contribution in [0.4, 0.5) is 8.78 Å². The fourth-order valence-electron chi connectivity index (χ4n) is 2.38. The van der Waals surface area contributed by atoms with Crippen LogP contribution in [0.5, 0.6) is 0 Å². The van der Waals surface area contributed by atoms with Gasteiger partial charge in [0.05, 0.1) is 17.6 Å². The summed E-state index contributed by atoms with van der Waals surface area (Å²) in [5.41, 5.74) is 1.93. The lowest BCUT2D eigenvalue weighted by molar-refractivity contribution is 0.0561. The minimum atomic E-state index is -3.89. The molecule has 0 aliphatic carbocycles. The van der Waals surface area contributed by atoms with E-state index in [1.165, 1.54) is 6.92 Å². The molecule has 2 rings (SSSR count). The molecule has 0 aliphatic heterocycles. The van der Waals surface area contributed by atoms with Gasteiger partial charge >= 0.3 is 6.55 Å². The van der Waals surface area contributed by atoms with Crippen LogP contribution in [0.1, 0.15) is 30.6 Å². The van der Waals surface area contributed by atoms with Gasteiger partial charge in [-0.3, -0.25) is 4.68 Å². The number of rotatable bonds is 7. The number of aryl methyl sites for hydroxylation is 3. The molecule has 1 atom stereocenters. The van der Waals surface area contributed by atoms with Crippen molar-refractivity contribution in [2.24, 2.45) is 5.92 Å². The van der Waals surface area contributed by atoms with Crippen molar-refractivity contribution in [1.82, 2.24) is 24.3 Å². The Balaban J connectivity index is 2.03. The van der Waals surface area contributed by atoms with Gasteiger partial charge in [-0.25, -0.2) is 17.8 Å². The third kappa shape index (κ3) is 4.18. The van der Waals surface area contributed by atoms with Crippen LogP contribution in [-0.2, 0) is 16.6 Å². The Labute approximate surface area is 139 Å². The van der Waals surface area contributed by atoms with Gasteiger partial charge in [0, 0.05) is 18.8 Å². The first-order valence-corrected chi connectivity index (χ1v) is 8.93. The lowest BCUT2D eigenvalue weighted by Crippen LogP contribution is -2.30. The van der Waals surface area contributed by atoms with E-state index < -0.39 is 16.6 Å². The minimum Gasteiger partial charge on any atom is -0.269 e. The molecule has 0 spiro atoms. The van der Waals surface area contributed by atoms with Crippen molar-refractivity contribution >= 4 is 10.0 Å². The standard InChI is InChI=1S/C14H21F2N5O2S/c1-9(7-20-11(3)5-10(2)18-20)6-17-24(22,23)13-8-21(14(15)16)19-12(13)4/h5,8-9,14,17H,6-7H2,1-4H3/t9-/m0/s1. The van der Waals surface area contributed by atoms with E-state index in [0.29, 0.717) is 11.2 Å². The SMILES string of the molecule is Cc1cc(C)n(C[C@@H](C)CNS(=O)(=O)c2cn(C(F)F)nc2C)n1. The second kappa shape index (κ2) is 6.98. The molecule has 0 aromatic carbocycles. The Morgan fingerprint density at radius 1 is 1.25 bits per heavy atom. The lowest BCUT2D eigenvalue weighted by atomic mass is 10.2. The van der Waals surface area contributed by atoms with Crippen LogP contribution in [0.3, 0.4) is 0 Å². The first-order valence-electron chi connectivity index (χ1n) is 7.44. The van der Waals surface area contributed by atoms with E-state index in [-0.39, 0.29) is 23.1 Å². The van der Waals surface area contributed by atoms with E-state index in [2.05, 4.69) is 14.9 Å². The van der Waals surface area contributed by atoms with Gasteiger partial charge in [0.15, 0.2) is 0 Å². The number of nitrogens with zero attached hydrogens (tertiary/aromatic N) is 4. The third-order valence-corrected chi connectivity index (χ3v) is 5.10. The second-order valence-electron chi connectivity index (χ2n) is 5.90. The monoisotopic (exact) mass is 361 g/mol. The summed E-state index contributed by atoms with van der Waals surface area (Å²) in [6, 6.07) is 1.94. The van der Waals surface area contributed by atoms with E-state index in [1.807, 2.05) is 31.5 Å². The molecule has 0 amide bonds. The first kappa shape index (κ1) is 18.5. The van der Waals surface area contributed by atoms with E-state index in [4.69, 9.17) is 0 Å². The van der Waals surface area contributed by atoms with Crippen LogP contribution in [0.2, 0.25) is 0 Å². The van der Waals surface area contributed by atoms with Crippen molar-refractivity contribution in [3.63, 3.8) is 0 Å². The van der Waals surface area contributed by atoms with Crippen molar-refractivity contribution in [3.8, 4) is 0 Å². The average molecular weight is 361 g/mol. The van der Waals surface area contributed by atoms with Gasteiger partial charge in [0.1, 0.15) is 4.90 Å². The fraction of sp³-hybridized carbons (Fsp3) is 0.571. The summed E-state index contributed by atoms with van der Waals surface area (Å²) in [6.45, 7) is 4.93. The highest BCUT2D eigenvalue weighted by Crippen LogP contribution is 2.18. The van der Waals surface area contributed by atoms with E-state index in [9.17, 15) is 17.2 Å². The van der Waals surface area contributed by atoms with Crippen molar-refractivity contribution in [3.05, 3.63) is 29.3 Å². The van der Waals surface area contributed by atoms with Crippen molar-refractivity contribution in [1.29, 1.82) is 0 Å². The molecule has 24 heavy (non-hydrogen) atoms. The Morgan fingerprint density at radius 3 is 2.42 bits per heavy atom. The number of sulfonamides is 1. The number of aromatic nitrogens is 4. The van der Waals surface area contributed by atoms with Crippen LogP contribution in [0, 0.1) is 26.7 Å². The largest absolute Gasteiger partial charge is 0.333 e. The van der Waals surface area contributed by atoms with Gasteiger partial charge < -0.3 is 0 Å². The molecule has 2 heterocycles. The number of hydrogen-bond acceptors (Lipinski definition) is 4. The van der Waals surface area contributed by atoms with Gasteiger partial charge in [0.25, 0.3) is 0 Å². The van der Waals surface area contributed by atoms with Crippen LogP contribution in [-0.4, -0.2) is 34.5 Å². The van der Waals surface area contributed by atoms with Crippen molar-refractivity contribution < 1.29 is 17.2 Å². The average Bonchev–Trinajstić information content (AvgIpc) is 3.00. The summed E-state index contributed by atoms with van der Waals surface area (Å²) in [6.07, 6.45) is 0.841. The van der Waals surface area contributed by atoms with Gasteiger partial charge in [-0.15, -0.1) is 0 Å². The highest BCUT2D eigenvalue weighted by atomic mass is 32.2. The Morgan fingerprint density at radius 2 is 1.92 bits per heavy atom. The normalized spacial score (nSPS) is 13.6. The summed E-state index contributed by atoms with van der Waals surface area (Å²) in [4.78, 5) is -0.235. The summed E-state index contributed by atoms with van der Waals surface area (Å²) in [7, 11) is -3.89. The molecule has 2 aromatic rings. The molecule has 0 radical (unpaired) electrons. The smallest absolute Gasteiger partial charge is 0.269 e. The van der Waals surface area contributed by atoms with Gasteiger partial charge in [-0.05, 0) is 32.8 Å². The number of nitrogens with one attached hydrogen (secondary N) is 1. The zero-order chi connectivity index (χ0) is 18.1. The lowest BCUT2D eigenvalue weighted by Gasteiger charge is -2.14. The summed E-state index contributed by atoms with van der Waals surface area (Å²) >= 11 is 0. The van der Waals surface area contributed by atoms with Crippen molar-refractivity contribution in [2.75, 3.05) is 6.54 Å². The predicted octanol–water partition coefficient (Wildman–Crippen LogP) is 2.01. The summed E-state index contributed by atoms with van der Waals surface area (Å²) in [5, 5.41) is 7.85. The quantitative estimate of drug-likeness (QED) is 0.818. The highest BCUT2D eigenvalue weighted by Gasteiger charge is 2.23. The molecule has 0 saturated heterocycles. The zero-order valence-corrected chi connectivity index (χ0v) is 14.8. The van der Waals surface area contributed by atoms with Crippen LogP contribution < -0.4 is 4.72 Å². The van der Waals surface area contributed by atoms with Crippen molar-refractivity contribution in [2.45, 2.75) is 45.7 Å². The molecule has 0 unspecified atom stereocenters. The van der Waals surface area contributed by atoms with E-state index >= 15 is 0 Å². The van der Waals surface area contributed by atoms with Gasteiger partial charge in [0.2, 0.25) is 10.0 Å². The maximum absolute atomic E-state index is 12.6. The molecule has 0 aliphatic rings. The van der Waals surface area contributed by atoms with Crippen LogP contribution in [0.25, 0.3) is 0 Å². The second-order valence-corrected chi connectivity index (χ2v) is 7.64. The molecular formula is C14H21F2N5O2S. The highest BCUT2D eigenvalue weighted by molar-refractivity contribution is 7.89. The van der Waals surface area contributed by atoms with E-state index in [1.54, 1.807) is 0 Å².